The molecule has 8 nitrogen and oxygen atoms in total. The molecule has 5 rings (SSSR count). The van der Waals surface area contributed by atoms with Crippen LogP contribution in [0.15, 0.2) is 36.5 Å². The number of nitrogens with zero attached hydrogens (tertiary/aromatic N) is 4. The maximum atomic E-state index is 13.0. The minimum absolute atomic E-state index is 0.0352. The van der Waals surface area contributed by atoms with Gasteiger partial charge in [-0.25, -0.2) is 4.98 Å². The molecule has 0 aliphatic carbocycles. The second-order valence-electron chi connectivity index (χ2n) is 9.08. The summed E-state index contributed by atoms with van der Waals surface area (Å²) in [5.74, 6) is 1.70. The number of para-hydroxylation sites is 1. The van der Waals surface area contributed by atoms with E-state index in [1.54, 1.807) is 0 Å². The number of rotatable bonds is 7. The number of aromatic nitrogens is 3. The van der Waals surface area contributed by atoms with Crippen LogP contribution >= 0.6 is 0 Å². The largest absolute Gasteiger partial charge is 0.381 e. The number of carbonyl (C=O) groups excluding carboxylic acids is 1. The lowest BCUT2D eigenvalue weighted by molar-refractivity contribution is 0.0699. The lowest BCUT2D eigenvalue weighted by Crippen LogP contribution is -2.31. The predicted molar refractivity (Wildman–Crippen MR) is 128 cm³/mol. The molecule has 2 aromatic heterocycles. The number of nitrogens with one attached hydrogen (secondary N) is 2. The number of hydrogen-bond acceptors (Lipinski definition) is 7. The van der Waals surface area contributed by atoms with Crippen molar-refractivity contribution < 1.29 is 9.53 Å². The van der Waals surface area contributed by atoms with Crippen LogP contribution in [-0.4, -0.2) is 51.6 Å². The average molecular weight is 447 g/mol. The maximum Gasteiger partial charge on any atom is 0.273 e. The number of fused-ring (bicyclic) bond motifs is 2. The third kappa shape index (κ3) is 4.61. The van der Waals surface area contributed by atoms with E-state index in [1.807, 2.05) is 43.1 Å². The Morgan fingerprint density at radius 2 is 1.97 bits per heavy atom. The summed E-state index contributed by atoms with van der Waals surface area (Å²) < 4.78 is 5.46. The van der Waals surface area contributed by atoms with Gasteiger partial charge in [0.05, 0.1) is 12.1 Å². The fraction of sp³-hybridized carbons (Fsp3) is 0.440. The van der Waals surface area contributed by atoms with Crippen LogP contribution in [0.25, 0.3) is 10.9 Å². The Labute approximate surface area is 193 Å². The zero-order chi connectivity index (χ0) is 22.8. The first kappa shape index (κ1) is 21.6. The Kier molecular flexibility index (Phi) is 6.09. The van der Waals surface area contributed by atoms with Crippen LogP contribution < -0.4 is 10.6 Å². The van der Waals surface area contributed by atoms with E-state index in [2.05, 4.69) is 32.7 Å². The molecule has 0 bridgehead atoms. The molecule has 2 N–H and O–H groups in total. The Balaban J connectivity index is 1.38. The predicted octanol–water partition coefficient (Wildman–Crippen LogP) is 3.84. The fourth-order valence-electron chi connectivity index (χ4n) is 4.42. The molecular formula is C25H30N6O2. The number of anilines is 2. The number of benzene rings is 1. The molecule has 0 radical (unpaired) electrons. The van der Waals surface area contributed by atoms with Crippen molar-refractivity contribution in [2.75, 3.05) is 30.4 Å². The van der Waals surface area contributed by atoms with Crippen molar-refractivity contribution in [3.63, 3.8) is 0 Å². The third-order valence-electron chi connectivity index (χ3n) is 6.42. The molecule has 0 saturated carbocycles. The molecule has 1 fully saturated rings. The highest BCUT2D eigenvalue weighted by Crippen LogP contribution is 2.30. The number of pyridine rings is 1. The first-order valence-electron chi connectivity index (χ1n) is 11.7. The van der Waals surface area contributed by atoms with E-state index in [-0.39, 0.29) is 11.9 Å². The fourth-order valence-corrected chi connectivity index (χ4v) is 4.42. The number of carbonyl (C=O) groups is 1. The molecule has 33 heavy (non-hydrogen) atoms. The summed E-state index contributed by atoms with van der Waals surface area (Å²) in [5.41, 5.74) is 3.39. The van der Waals surface area contributed by atoms with Crippen molar-refractivity contribution in [3.05, 3.63) is 53.3 Å². The molecule has 8 heteroatoms. The van der Waals surface area contributed by atoms with Crippen molar-refractivity contribution in [1.29, 1.82) is 0 Å². The minimum atomic E-state index is -0.0352. The molecule has 1 amide bonds. The molecular weight excluding hydrogens is 416 g/mol. The van der Waals surface area contributed by atoms with Crippen molar-refractivity contribution in [2.45, 2.75) is 45.8 Å². The zero-order valence-corrected chi connectivity index (χ0v) is 19.2. The van der Waals surface area contributed by atoms with Gasteiger partial charge in [0.25, 0.3) is 5.91 Å². The third-order valence-corrected chi connectivity index (χ3v) is 6.42. The van der Waals surface area contributed by atoms with Crippen molar-refractivity contribution >= 4 is 28.6 Å². The van der Waals surface area contributed by atoms with Crippen LogP contribution in [0.2, 0.25) is 0 Å². The van der Waals surface area contributed by atoms with E-state index in [1.165, 1.54) is 0 Å². The van der Waals surface area contributed by atoms with E-state index < -0.39 is 0 Å². The highest BCUT2D eigenvalue weighted by Gasteiger charge is 2.34. The van der Waals surface area contributed by atoms with E-state index in [0.717, 1.165) is 54.6 Å². The Bertz CT molecular complexity index is 1160. The summed E-state index contributed by atoms with van der Waals surface area (Å²) in [4.78, 5) is 28.8. The van der Waals surface area contributed by atoms with Gasteiger partial charge in [0.1, 0.15) is 11.5 Å². The molecule has 0 unspecified atom stereocenters. The molecule has 3 aromatic rings. The van der Waals surface area contributed by atoms with Gasteiger partial charge in [-0.2, -0.15) is 4.98 Å². The van der Waals surface area contributed by atoms with Crippen LogP contribution in [0, 0.1) is 5.92 Å². The Morgan fingerprint density at radius 1 is 1.15 bits per heavy atom. The van der Waals surface area contributed by atoms with Crippen molar-refractivity contribution in [1.82, 2.24) is 19.9 Å². The smallest absolute Gasteiger partial charge is 0.273 e. The van der Waals surface area contributed by atoms with Gasteiger partial charge in [-0.1, -0.05) is 18.2 Å². The number of ether oxygens (including phenoxy) is 1. The van der Waals surface area contributed by atoms with Gasteiger partial charge in [0.2, 0.25) is 5.95 Å². The Hall–Kier alpha value is -3.26. The topological polar surface area (TPSA) is 92.3 Å². The van der Waals surface area contributed by atoms with Gasteiger partial charge >= 0.3 is 0 Å². The van der Waals surface area contributed by atoms with Crippen molar-refractivity contribution in [2.24, 2.45) is 5.92 Å². The second kappa shape index (κ2) is 9.31. The lowest BCUT2D eigenvalue weighted by atomic mass is 10.0. The van der Waals surface area contributed by atoms with E-state index >= 15 is 0 Å². The first-order valence-corrected chi connectivity index (χ1v) is 11.7. The molecule has 2 aliphatic heterocycles. The van der Waals surface area contributed by atoms with Crippen LogP contribution in [0.4, 0.5) is 11.8 Å². The van der Waals surface area contributed by atoms with Gasteiger partial charge in [0.15, 0.2) is 0 Å². The molecule has 0 atom stereocenters. The Morgan fingerprint density at radius 3 is 2.79 bits per heavy atom. The average Bonchev–Trinajstić information content (AvgIpc) is 3.18. The molecule has 172 valence electrons. The monoisotopic (exact) mass is 446 g/mol. The first-order chi connectivity index (χ1) is 16.1. The maximum absolute atomic E-state index is 13.0. The summed E-state index contributed by atoms with van der Waals surface area (Å²) in [7, 11) is 0. The summed E-state index contributed by atoms with van der Waals surface area (Å²) in [5, 5.41) is 7.93. The number of amides is 1. The standard InChI is InChI=1S/C25H30N6O2/c1-16(2)31-15-20-22(24(31)32)29-25(28-12-17-7-9-33-10-8-17)30-23(20)27-14-18-11-19-5-3-4-6-21(19)26-13-18/h3-6,11,13,16-17H,7-10,12,14-15H2,1-2H3,(H2,27,28,29,30). The minimum Gasteiger partial charge on any atom is -0.381 e. The van der Waals surface area contributed by atoms with E-state index in [4.69, 9.17) is 9.72 Å². The second-order valence-corrected chi connectivity index (χ2v) is 9.08. The normalized spacial score (nSPS) is 16.5. The molecule has 2 aliphatic rings. The van der Waals surface area contributed by atoms with Crippen molar-refractivity contribution in [3.8, 4) is 0 Å². The zero-order valence-electron chi connectivity index (χ0n) is 19.2. The summed E-state index contributed by atoms with van der Waals surface area (Å²) in [6.45, 7) is 7.50. The highest BCUT2D eigenvalue weighted by atomic mass is 16.5. The van der Waals surface area contributed by atoms with Gasteiger partial charge in [-0.05, 0) is 50.3 Å². The van der Waals surface area contributed by atoms with Crippen LogP contribution in [-0.2, 0) is 17.8 Å². The van der Waals surface area contributed by atoms with E-state index in [9.17, 15) is 4.79 Å². The van der Waals surface area contributed by atoms with Crippen LogP contribution in [0.5, 0.6) is 0 Å². The quantitative estimate of drug-likeness (QED) is 0.570. The number of hydrogen-bond donors (Lipinski definition) is 2. The SMILES string of the molecule is CC(C)N1Cc2c(NCc3cnc4ccccc4c3)nc(NCC3CCOCC3)nc2C1=O. The van der Waals surface area contributed by atoms with Gasteiger partial charge in [-0.15, -0.1) is 0 Å². The van der Waals surface area contributed by atoms with Gasteiger partial charge < -0.3 is 20.3 Å². The molecule has 1 aromatic carbocycles. The van der Waals surface area contributed by atoms with Gasteiger partial charge in [0, 0.05) is 49.5 Å². The summed E-state index contributed by atoms with van der Waals surface area (Å²) >= 11 is 0. The summed E-state index contributed by atoms with van der Waals surface area (Å²) in [6.07, 6.45) is 3.93. The van der Waals surface area contributed by atoms with Gasteiger partial charge in [-0.3, -0.25) is 9.78 Å². The van der Waals surface area contributed by atoms with Crippen LogP contribution in [0.3, 0.4) is 0 Å². The summed E-state index contributed by atoms with van der Waals surface area (Å²) in [6, 6.07) is 10.3. The molecule has 1 saturated heterocycles. The van der Waals surface area contributed by atoms with E-state index in [0.29, 0.717) is 36.5 Å². The molecule has 4 heterocycles. The van der Waals surface area contributed by atoms with Crippen LogP contribution in [0.1, 0.15) is 48.3 Å². The lowest BCUT2D eigenvalue weighted by Gasteiger charge is -2.22. The highest BCUT2D eigenvalue weighted by molar-refractivity contribution is 5.98. The molecule has 0 spiro atoms.